The summed E-state index contributed by atoms with van der Waals surface area (Å²) in [5.41, 5.74) is 0.668. The van der Waals surface area contributed by atoms with Crippen LogP contribution in [0.5, 0.6) is 0 Å². The molecule has 1 atom stereocenters. The van der Waals surface area contributed by atoms with E-state index < -0.39 is 0 Å². The molecule has 0 aromatic carbocycles. The summed E-state index contributed by atoms with van der Waals surface area (Å²) in [5.74, 6) is 1.22. The van der Waals surface area contributed by atoms with Gasteiger partial charge in [0.15, 0.2) is 6.39 Å². The van der Waals surface area contributed by atoms with Crippen LogP contribution in [0.4, 0.5) is 0 Å². The maximum absolute atomic E-state index is 9.10. The van der Waals surface area contributed by atoms with E-state index in [1.807, 2.05) is 6.92 Å². The molecule has 1 aromatic heterocycles. The minimum atomic E-state index is -0.253. The lowest BCUT2D eigenvalue weighted by atomic mass is 9.99. The number of hydrogen-bond donors (Lipinski definition) is 2. The van der Waals surface area contributed by atoms with E-state index in [4.69, 9.17) is 14.3 Å². The van der Waals surface area contributed by atoms with Gasteiger partial charge >= 0.3 is 0 Å². The summed E-state index contributed by atoms with van der Waals surface area (Å²) in [6, 6.07) is 0. The molecular formula is C13H24N2O3. The largest absolute Gasteiger partial charge is 0.448 e. The number of methoxy groups -OCH3 is 1. The number of nitrogens with zero attached hydrogens (tertiary/aromatic N) is 1. The van der Waals surface area contributed by atoms with E-state index >= 15 is 0 Å². The van der Waals surface area contributed by atoms with Crippen molar-refractivity contribution in [1.82, 2.24) is 10.3 Å². The van der Waals surface area contributed by atoms with E-state index in [0.29, 0.717) is 25.5 Å². The smallest absolute Gasteiger partial charge is 0.181 e. The fourth-order valence-electron chi connectivity index (χ4n) is 1.95. The fraction of sp³-hybridized carbons (Fsp3) is 0.769. The predicted molar refractivity (Wildman–Crippen MR) is 69.4 cm³/mol. The quantitative estimate of drug-likeness (QED) is 0.740. The molecule has 0 bridgehead atoms. The average Bonchev–Trinajstić information content (AvgIpc) is 2.75. The maximum Gasteiger partial charge on any atom is 0.181 e. The molecule has 0 aliphatic heterocycles. The van der Waals surface area contributed by atoms with Crippen molar-refractivity contribution in [3.8, 4) is 0 Å². The van der Waals surface area contributed by atoms with Crippen LogP contribution in [-0.2, 0) is 11.3 Å². The van der Waals surface area contributed by atoms with Crippen molar-refractivity contribution < 1.29 is 14.3 Å². The minimum Gasteiger partial charge on any atom is -0.448 e. The molecule has 0 saturated heterocycles. The van der Waals surface area contributed by atoms with Crippen LogP contribution in [0.1, 0.15) is 44.6 Å². The molecule has 0 fully saturated rings. The molecule has 0 aliphatic carbocycles. The third-order valence-electron chi connectivity index (χ3n) is 3.01. The van der Waals surface area contributed by atoms with Crippen molar-refractivity contribution in [3.63, 3.8) is 0 Å². The van der Waals surface area contributed by atoms with Gasteiger partial charge in [0.25, 0.3) is 0 Å². The molecule has 18 heavy (non-hydrogen) atoms. The Morgan fingerprint density at radius 2 is 2.28 bits per heavy atom. The zero-order valence-electron chi connectivity index (χ0n) is 11.7. The Labute approximate surface area is 109 Å². The van der Waals surface area contributed by atoms with Crippen LogP contribution in [0.25, 0.3) is 0 Å². The summed E-state index contributed by atoms with van der Waals surface area (Å²) < 4.78 is 10.6. The summed E-state index contributed by atoms with van der Waals surface area (Å²) in [6.07, 6.45) is 2.11. The molecule has 0 saturated carbocycles. The summed E-state index contributed by atoms with van der Waals surface area (Å²) in [5, 5.41) is 12.5. The highest BCUT2D eigenvalue weighted by Gasteiger charge is 2.24. The van der Waals surface area contributed by atoms with Crippen molar-refractivity contribution in [2.75, 3.05) is 20.3 Å². The second-order valence-electron chi connectivity index (χ2n) is 5.14. The molecule has 1 unspecified atom stereocenters. The average molecular weight is 256 g/mol. The number of oxazole rings is 1. The lowest BCUT2D eigenvalue weighted by Crippen LogP contribution is -2.46. The highest BCUT2D eigenvalue weighted by atomic mass is 16.5. The summed E-state index contributed by atoms with van der Waals surface area (Å²) in [4.78, 5) is 4.23. The van der Waals surface area contributed by atoms with E-state index in [9.17, 15) is 0 Å². The van der Waals surface area contributed by atoms with Gasteiger partial charge in [0, 0.05) is 31.7 Å². The van der Waals surface area contributed by atoms with Gasteiger partial charge in [-0.2, -0.15) is 0 Å². The predicted octanol–water partition coefficient (Wildman–Crippen LogP) is 1.68. The highest BCUT2D eigenvalue weighted by molar-refractivity contribution is 5.11. The van der Waals surface area contributed by atoms with E-state index in [2.05, 4.69) is 24.1 Å². The van der Waals surface area contributed by atoms with Crippen molar-refractivity contribution in [2.24, 2.45) is 0 Å². The Morgan fingerprint density at radius 1 is 1.56 bits per heavy atom. The van der Waals surface area contributed by atoms with E-state index in [1.165, 1.54) is 6.39 Å². The zero-order chi connectivity index (χ0) is 13.6. The van der Waals surface area contributed by atoms with Crippen molar-refractivity contribution >= 4 is 0 Å². The third-order valence-corrected chi connectivity index (χ3v) is 3.01. The van der Waals surface area contributed by atoms with Gasteiger partial charge in [-0.25, -0.2) is 4.98 Å². The van der Waals surface area contributed by atoms with Crippen LogP contribution < -0.4 is 5.32 Å². The van der Waals surface area contributed by atoms with E-state index in [-0.39, 0.29) is 12.1 Å². The minimum absolute atomic E-state index is 0.128. The van der Waals surface area contributed by atoms with Gasteiger partial charge in [-0.05, 0) is 13.3 Å². The molecule has 104 valence electrons. The van der Waals surface area contributed by atoms with Gasteiger partial charge in [0.05, 0.1) is 12.3 Å². The molecule has 0 amide bonds. The third kappa shape index (κ3) is 4.08. The SMILES string of the molecule is COCC(C)(CCO)NCc1ncoc1C(C)C. The number of aliphatic hydroxyl groups is 1. The topological polar surface area (TPSA) is 67.5 Å². The van der Waals surface area contributed by atoms with Crippen molar-refractivity contribution in [2.45, 2.75) is 45.2 Å². The zero-order valence-corrected chi connectivity index (χ0v) is 11.7. The molecule has 0 spiro atoms. The molecule has 1 aromatic rings. The van der Waals surface area contributed by atoms with Gasteiger partial charge in [-0.3, -0.25) is 0 Å². The number of nitrogens with one attached hydrogen (secondary N) is 1. The molecule has 1 rings (SSSR count). The van der Waals surface area contributed by atoms with Gasteiger partial charge < -0.3 is 19.6 Å². The molecule has 1 heterocycles. The fourth-order valence-corrected chi connectivity index (χ4v) is 1.95. The lowest BCUT2D eigenvalue weighted by Gasteiger charge is -2.29. The Kier molecular flexibility index (Phi) is 5.78. The van der Waals surface area contributed by atoms with Crippen LogP contribution in [0, 0.1) is 0 Å². The van der Waals surface area contributed by atoms with Crippen LogP contribution in [0.2, 0.25) is 0 Å². The Hall–Kier alpha value is -0.910. The summed E-state index contributed by atoms with van der Waals surface area (Å²) in [6.45, 7) is 7.47. The number of ether oxygens (including phenoxy) is 1. The first-order valence-corrected chi connectivity index (χ1v) is 6.29. The Balaban J connectivity index is 2.64. The molecule has 0 aliphatic rings. The van der Waals surface area contributed by atoms with E-state index in [0.717, 1.165) is 11.5 Å². The van der Waals surface area contributed by atoms with Crippen LogP contribution in [-0.4, -0.2) is 36.0 Å². The second kappa shape index (κ2) is 6.87. The Bertz CT molecular complexity index is 344. The normalized spacial score (nSPS) is 15.0. The Morgan fingerprint density at radius 3 is 2.83 bits per heavy atom. The first-order valence-electron chi connectivity index (χ1n) is 6.29. The molecule has 5 nitrogen and oxygen atoms in total. The number of aromatic nitrogens is 1. The van der Waals surface area contributed by atoms with Crippen LogP contribution >= 0.6 is 0 Å². The van der Waals surface area contributed by atoms with Gasteiger partial charge in [-0.15, -0.1) is 0 Å². The maximum atomic E-state index is 9.10. The van der Waals surface area contributed by atoms with Gasteiger partial charge in [0.2, 0.25) is 0 Å². The molecule has 0 radical (unpaired) electrons. The van der Waals surface area contributed by atoms with Crippen molar-refractivity contribution in [1.29, 1.82) is 0 Å². The first-order chi connectivity index (χ1) is 8.52. The summed E-state index contributed by atoms with van der Waals surface area (Å²) >= 11 is 0. The van der Waals surface area contributed by atoms with E-state index in [1.54, 1.807) is 7.11 Å². The van der Waals surface area contributed by atoms with Crippen LogP contribution in [0.3, 0.4) is 0 Å². The van der Waals surface area contributed by atoms with Crippen LogP contribution in [0.15, 0.2) is 10.8 Å². The highest BCUT2D eigenvalue weighted by Crippen LogP contribution is 2.19. The standard InChI is InChI=1S/C13H24N2O3/c1-10(2)12-11(14-9-18-12)7-15-13(3,5-6-16)8-17-4/h9-10,15-16H,5-8H2,1-4H3. The molecule has 5 heteroatoms. The van der Waals surface area contributed by atoms with Crippen molar-refractivity contribution in [3.05, 3.63) is 17.8 Å². The number of aliphatic hydroxyl groups excluding tert-OH is 1. The molecule has 2 N–H and O–H groups in total. The lowest BCUT2D eigenvalue weighted by molar-refractivity contribution is 0.0966. The monoisotopic (exact) mass is 256 g/mol. The molecular weight excluding hydrogens is 232 g/mol. The van der Waals surface area contributed by atoms with Gasteiger partial charge in [0.1, 0.15) is 5.76 Å². The van der Waals surface area contributed by atoms with Gasteiger partial charge in [-0.1, -0.05) is 13.8 Å². The first kappa shape index (κ1) is 15.1. The summed E-state index contributed by atoms with van der Waals surface area (Å²) in [7, 11) is 1.66. The number of rotatable bonds is 8. The number of hydrogen-bond acceptors (Lipinski definition) is 5. The second-order valence-corrected chi connectivity index (χ2v) is 5.14.